The van der Waals surface area contributed by atoms with Crippen LogP contribution in [0.15, 0.2) is 19.0 Å². The second kappa shape index (κ2) is 6.67. The van der Waals surface area contributed by atoms with E-state index in [-0.39, 0.29) is 0 Å². The van der Waals surface area contributed by atoms with Crippen LogP contribution in [0.4, 0.5) is 0 Å². The lowest BCUT2D eigenvalue weighted by molar-refractivity contribution is 0.520. The molecular weight excluding hydrogens is 152 g/mol. The molecule has 1 aliphatic rings. The highest BCUT2D eigenvalue weighted by atomic mass is 14.9. The van der Waals surface area contributed by atoms with Crippen LogP contribution in [-0.2, 0) is 0 Å². The first-order valence-electron chi connectivity index (χ1n) is 4.26. The topological polar surface area (TPSA) is 50.7 Å². The van der Waals surface area contributed by atoms with Crippen LogP contribution in [0.2, 0.25) is 0 Å². The molecule has 4 heteroatoms. The smallest absolute Gasteiger partial charge is 0.119 e. The van der Waals surface area contributed by atoms with E-state index in [9.17, 15) is 0 Å². The Morgan fingerprint density at radius 3 is 1.42 bits per heavy atom. The summed E-state index contributed by atoms with van der Waals surface area (Å²) in [5, 5.41) is 3.28. The Kier molecular flexibility index (Phi) is 5.03. The molecule has 0 spiro atoms. The number of nitrogens with zero attached hydrogens (tertiary/aromatic N) is 3. The normalized spacial score (nSPS) is 16.0. The summed E-state index contributed by atoms with van der Waals surface area (Å²) in [6.45, 7) is 2.50. The number of hydrogen-bond donors (Lipinski definition) is 1. The van der Waals surface area contributed by atoms with Crippen molar-refractivity contribution in [1.82, 2.24) is 20.3 Å². The van der Waals surface area contributed by atoms with Crippen LogP contribution in [0.5, 0.6) is 0 Å². The van der Waals surface area contributed by atoms with Crippen LogP contribution in [-0.4, -0.2) is 28.0 Å². The van der Waals surface area contributed by atoms with E-state index in [0.29, 0.717) is 0 Å². The molecule has 4 nitrogen and oxygen atoms in total. The van der Waals surface area contributed by atoms with Gasteiger partial charge in [0, 0.05) is 0 Å². The van der Waals surface area contributed by atoms with Gasteiger partial charge in [0.15, 0.2) is 0 Å². The zero-order valence-electron chi connectivity index (χ0n) is 7.11. The minimum atomic E-state index is 1.25. The molecule has 1 fully saturated rings. The Balaban J connectivity index is 0.000000120. The molecule has 0 amide bonds. The SMILES string of the molecule is C1CCNCC1.c1ncncn1. The zero-order valence-corrected chi connectivity index (χ0v) is 7.11. The van der Waals surface area contributed by atoms with E-state index in [1.165, 1.54) is 51.3 Å². The van der Waals surface area contributed by atoms with Gasteiger partial charge in [0.1, 0.15) is 19.0 Å². The maximum Gasteiger partial charge on any atom is 0.119 e. The van der Waals surface area contributed by atoms with Crippen molar-refractivity contribution in [2.45, 2.75) is 19.3 Å². The van der Waals surface area contributed by atoms with E-state index in [1.807, 2.05) is 0 Å². The van der Waals surface area contributed by atoms with Crippen LogP contribution in [0.25, 0.3) is 0 Å². The van der Waals surface area contributed by atoms with E-state index in [0.717, 1.165) is 0 Å². The van der Waals surface area contributed by atoms with Gasteiger partial charge in [-0.15, -0.1) is 0 Å². The molecule has 0 saturated carbocycles. The molecule has 0 radical (unpaired) electrons. The summed E-state index contributed by atoms with van der Waals surface area (Å²) in [5.74, 6) is 0. The molecule has 2 rings (SSSR count). The lowest BCUT2D eigenvalue weighted by Crippen LogP contribution is -2.21. The molecule has 0 unspecified atom stereocenters. The minimum absolute atomic E-state index is 1.25. The van der Waals surface area contributed by atoms with Gasteiger partial charge in [0.25, 0.3) is 0 Å². The van der Waals surface area contributed by atoms with E-state index in [2.05, 4.69) is 20.3 Å². The molecule has 1 N–H and O–H groups in total. The molecule has 0 aromatic carbocycles. The van der Waals surface area contributed by atoms with E-state index < -0.39 is 0 Å². The van der Waals surface area contributed by atoms with Crippen molar-refractivity contribution in [3.05, 3.63) is 19.0 Å². The lowest BCUT2D eigenvalue weighted by atomic mass is 10.2. The van der Waals surface area contributed by atoms with Crippen molar-refractivity contribution in [2.24, 2.45) is 0 Å². The number of rotatable bonds is 0. The predicted octanol–water partition coefficient (Wildman–Crippen LogP) is 0.631. The monoisotopic (exact) mass is 166 g/mol. The van der Waals surface area contributed by atoms with Gasteiger partial charge in [0.2, 0.25) is 0 Å². The Labute approximate surface area is 72.5 Å². The molecule has 1 saturated heterocycles. The highest BCUT2D eigenvalue weighted by molar-refractivity contribution is 4.55. The van der Waals surface area contributed by atoms with Gasteiger partial charge < -0.3 is 5.32 Å². The van der Waals surface area contributed by atoms with Crippen LogP contribution in [0.3, 0.4) is 0 Å². The molecule has 66 valence electrons. The molecule has 2 heterocycles. The third kappa shape index (κ3) is 4.73. The Hall–Kier alpha value is -1.03. The minimum Gasteiger partial charge on any atom is -0.317 e. The van der Waals surface area contributed by atoms with Crippen molar-refractivity contribution in [2.75, 3.05) is 13.1 Å². The summed E-state index contributed by atoms with van der Waals surface area (Å²) in [5.41, 5.74) is 0. The maximum atomic E-state index is 3.56. The van der Waals surface area contributed by atoms with Gasteiger partial charge >= 0.3 is 0 Å². The maximum absolute atomic E-state index is 3.56. The van der Waals surface area contributed by atoms with E-state index >= 15 is 0 Å². The fraction of sp³-hybridized carbons (Fsp3) is 0.625. The summed E-state index contributed by atoms with van der Waals surface area (Å²) < 4.78 is 0. The number of aromatic nitrogens is 3. The summed E-state index contributed by atoms with van der Waals surface area (Å²) in [6.07, 6.45) is 8.53. The number of nitrogens with one attached hydrogen (secondary N) is 1. The quantitative estimate of drug-likeness (QED) is 0.614. The Bertz CT molecular complexity index is 135. The van der Waals surface area contributed by atoms with E-state index in [1.54, 1.807) is 0 Å². The summed E-state index contributed by atoms with van der Waals surface area (Å²) in [4.78, 5) is 10.7. The fourth-order valence-corrected chi connectivity index (χ4v) is 1.01. The molecule has 1 aromatic rings. The Morgan fingerprint density at radius 1 is 0.750 bits per heavy atom. The summed E-state index contributed by atoms with van der Waals surface area (Å²) in [7, 11) is 0. The molecular formula is C8H14N4. The van der Waals surface area contributed by atoms with Gasteiger partial charge in [-0.3, -0.25) is 0 Å². The molecule has 1 aromatic heterocycles. The summed E-state index contributed by atoms with van der Waals surface area (Å²) in [6, 6.07) is 0. The second-order valence-electron chi connectivity index (χ2n) is 2.60. The highest BCUT2D eigenvalue weighted by Crippen LogP contribution is 1.96. The van der Waals surface area contributed by atoms with Gasteiger partial charge in [-0.05, 0) is 25.9 Å². The van der Waals surface area contributed by atoms with Crippen LogP contribution < -0.4 is 5.32 Å². The first kappa shape index (κ1) is 9.06. The lowest BCUT2D eigenvalue weighted by Gasteiger charge is -2.08. The predicted molar refractivity (Wildman–Crippen MR) is 46.5 cm³/mol. The molecule has 12 heavy (non-hydrogen) atoms. The van der Waals surface area contributed by atoms with E-state index in [4.69, 9.17) is 0 Å². The zero-order chi connectivity index (χ0) is 8.49. The first-order chi connectivity index (χ1) is 6.00. The molecule has 0 bridgehead atoms. The molecule has 0 atom stereocenters. The number of hydrogen-bond acceptors (Lipinski definition) is 4. The Morgan fingerprint density at radius 2 is 1.25 bits per heavy atom. The van der Waals surface area contributed by atoms with Crippen LogP contribution in [0, 0.1) is 0 Å². The van der Waals surface area contributed by atoms with Crippen molar-refractivity contribution in [1.29, 1.82) is 0 Å². The van der Waals surface area contributed by atoms with Crippen molar-refractivity contribution in [3.8, 4) is 0 Å². The molecule has 0 aliphatic carbocycles. The average Bonchev–Trinajstić information content (AvgIpc) is 2.24. The molecule has 1 aliphatic heterocycles. The van der Waals surface area contributed by atoms with Crippen molar-refractivity contribution >= 4 is 0 Å². The van der Waals surface area contributed by atoms with Gasteiger partial charge in [-0.2, -0.15) is 0 Å². The number of piperidine rings is 1. The largest absolute Gasteiger partial charge is 0.317 e. The van der Waals surface area contributed by atoms with Crippen LogP contribution >= 0.6 is 0 Å². The first-order valence-corrected chi connectivity index (χ1v) is 4.26. The van der Waals surface area contributed by atoms with Gasteiger partial charge in [-0.1, -0.05) is 6.42 Å². The highest BCUT2D eigenvalue weighted by Gasteiger charge is 1.93. The van der Waals surface area contributed by atoms with Crippen molar-refractivity contribution in [3.63, 3.8) is 0 Å². The third-order valence-electron chi connectivity index (χ3n) is 1.61. The van der Waals surface area contributed by atoms with Gasteiger partial charge in [0.05, 0.1) is 0 Å². The van der Waals surface area contributed by atoms with Crippen molar-refractivity contribution < 1.29 is 0 Å². The standard InChI is InChI=1S/C5H11N.C3H3N3/c1-2-4-6-5-3-1;1-4-2-6-3-5-1/h6H,1-5H2;1-3H. The third-order valence-corrected chi connectivity index (χ3v) is 1.61. The van der Waals surface area contributed by atoms with Gasteiger partial charge in [-0.25, -0.2) is 15.0 Å². The average molecular weight is 166 g/mol. The van der Waals surface area contributed by atoms with Crippen LogP contribution in [0.1, 0.15) is 19.3 Å². The second-order valence-corrected chi connectivity index (χ2v) is 2.60. The summed E-state index contributed by atoms with van der Waals surface area (Å²) >= 11 is 0. The fourth-order valence-electron chi connectivity index (χ4n) is 1.01.